The van der Waals surface area contributed by atoms with Gasteiger partial charge in [-0.2, -0.15) is 0 Å². The highest BCUT2D eigenvalue weighted by atomic mass is 16.6. The predicted molar refractivity (Wildman–Crippen MR) is 72.8 cm³/mol. The lowest BCUT2D eigenvalue weighted by Crippen LogP contribution is -2.35. The number of hydrogen-bond acceptors (Lipinski definition) is 3. The molecule has 19 heavy (non-hydrogen) atoms. The quantitative estimate of drug-likeness (QED) is 0.570. The van der Waals surface area contributed by atoms with Crippen molar-refractivity contribution in [3.63, 3.8) is 0 Å². The van der Waals surface area contributed by atoms with Crippen molar-refractivity contribution < 1.29 is 9.53 Å². The summed E-state index contributed by atoms with van der Waals surface area (Å²) in [6.45, 7) is 0. The number of esters is 1. The molecule has 0 radical (unpaired) electrons. The van der Waals surface area contributed by atoms with Crippen molar-refractivity contribution in [2.24, 2.45) is 4.99 Å². The van der Waals surface area contributed by atoms with Gasteiger partial charge in [0.25, 0.3) is 0 Å². The second-order valence-corrected chi connectivity index (χ2v) is 5.12. The van der Waals surface area contributed by atoms with E-state index in [1.54, 1.807) is 0 Å². The molecule has 2 aliphatic rings. The molecule has 3 heteroatoms. The lowest BCUT2D eigenvalue weighted by atomic mass is 9.83. The number of ether oxygens (including phenoxy) is 1. The van der Waals surface area contributed by atoms with Gasteiger partial charge in [-0.05, 0) is 37.1 Å². The maximum atomic E-state index is 12.1. The highest BCUT2D eigenvalue weighted by Gasteiger charge is 2.46. The topological polar surface area (TPSA) is 38.7 Å². The third-order valence-electron chi connectivity index (χ3n) is 3.86. The number of rotatable bonds is 1. The van der Waals surface area contributed by atoms with Crippen LogP contribution < -0.4 is 0 Å². The van der Waals surface area contributed by atoms with Crippen LogP contribution >= 0.6 is 0 Å². The van der Waals surface area contributed by atoms with Crippen molar-refractivity contribution in [2.45, 2.75) is 37.6 Å². The number of terminal acetylenes is 1. The van der Waals surface area contributed by atoms with Crippen LogP contribution in [0.5, 0.6) is 0 Å². The Morgan fingerprint density at radius 2 is 1.84 bits per heavy atom. The Hall–Kier alpha value is -2.08. The Kier molecular flexibility index (Phi) is 2.87. The number of aliphatic imine (C=N–C) groups is 1. The Morgan fingerprint density at radius 3 is 2.47 bits per heavy atom. The van der Waals surface area contributed by atoms with Crippen molar-refractivity contribution in [2.75, 3.05) is 0 Å². The summed E-state index contributed by atoms with van der Waals surface area (Å²) in [7, 11) is 0. The molecule has 1 aliphatic heterocycles. The minimum atomic E-state index is -0.613. The van der Waals surface area contributed by atoms with E-state index in [-0.39, 0.29) is 5.97 Å². The molecule has 1 aromatic rings. The summed E-state index contributed by atoms with van der Waals surface area (Å²) in [6, 6.07) is 7.36. The lowest BCUT2D eigenvalue weighted by molar-refractivity contribution is -0.140. The average molecular weight is 253 g/mol. The molecule has 1 aliphatic carbocycles. The molecule has 0 aromatic heterocycles. The molecule has 0 bridgehead atoms. The van der Waals surface area contributed by atoms with E-state index in [1.165, 1.54) is 6.42 Å². The predicted octanol–water partition coefficient (Wildman–Crippen LogP) is 2.67. The van der Waals surface area contributed by atoms with Gasteiger partial charge in [-0.3, -0.25) is 0 Å². The van der Waals surface area contributed by atoms with Crippen LogP contribution in [0.15, 0.2) is 29.3 Å². The van der Waals surface area contributed by atoms with E-state index < -0.39 is 5.54 Å². The van der Waals surface area contributed by atoms with E-state index in [9.17, 15) is 4.79 Å². The zero-order valence-corrected chi connectivity index (χ0v) is 10.7. The molecule has 1 saturated carbocycles. The van der Waals surface area contributed by atoms with Crippen molar-refractivity contribution in [1.29, 1.82) is 0 Å². The molecule has 3 nitrogen and oxygen atoms in total. The van der Waals surface area contributed by atoms with Crippen molar-refractivity contribution in [3.8, 4) is 12.3 Å². The second kappa shape index (κ2) is 4.55. The van der Waals surface area contributed by atoms with Gasteiger partial charge in [0.15, 0.2) is 5.54 Å². The van der Waals surface area contributed by atoms with E-state index in [4.69, 9.17) is 11.2 Å². The van der Waals surface area contributed by atoms with E-state index in [1.807, 2.05) is 24.3 Å². The highest BCUT2D eigenvalue weighted by molar-refractivity contribution is 6.08. The van der Waals surface area contributed by atoms with Gasteiger partial charge < -0.3 is 4.74 Å². The molecular weight excluding hydrogens is 238 g/mol. The highest BCUT2D eigenvalue weighted by Crippen LogP contribution is 2.37. The second-order valence-electron chi connectivity index (χ2n) is 5.12. The number of nitrogens with zero attached hydrogens (tertiary/aromatic N) is 1. The van der Waals surface area contributed by atoms with Gasteiger partial charge in [0.1, 0.15) is 0 Å². The first-order chi connectivity index (χ1) is 9.23. The molecule has 0 atom stereocenters. The Bertz CT molecular complexity index is 572. The van der Waals surface area contributed by atoms with Gasteiger partial charge in [-0.25, -0.2) is 9.79 Å². The minimum absolute atomic E-state index is 0.191. The molecule has 3 rings (SSSR count). The van der Waals surface area contributed by atoms with Crippen LogP contribution in [-0.2, 0) is 9.53 Å². The largest absolute Gasteiger partial charge is 0.405 e. The molecular formula is C16H15NO2. The first-order valence-corrected chi connectivity index (χ1v) is 6.63. The van der Waals surface area contributed by atoms with E-state index >= 15 is 0 Å². The summed E-state index contributed by atoms with van der Waals surface area (Å²) in [5, 5.41) is 0. The standard InChI is InChI=1S/C16H15NO2/c1-2-12-6-8-13(9-7-12)14-17-16(15(18)19-14)10-4-3-5-11-16/h1,6-9H,3-5,10-11H2. The summed E-state index contributed by atoms with van der Waals surface area (Å²) < 4.78 is 5.37. The lowest BCUT2D eigenvalue weighted by Gasteiger charge is -2.25. The summed E-state index contributed by atoms with van der Waals surface area (Å²) in [5.74, 6) is 2.81. The average Bonchev–Trinajstić information content (AvgIpc) is 2.77. The van der Waals surface area contributed by atoms with Crippen LogP contribution in [-0.4, -0.2) is 17.4 Å². The van der Waals surface area contributed by atoms with E-state index in [2.05, 4.69) is 10.9 Å². The maximum absolute atomic E-state index is 12.1. The fourth-order valence-electron chi connectivity index (χ4n) is 2.73. The van der Waals surface area contributed by atoms with Crippen LogP contribution in [0.4, 0.5) is 0 Å². The molecule has 0 unspecified atom stereocenters. The summed E-state index contributed by atoms with van der Waals surface area (Å²) in [5.41, 5.74) is 1.01. The van der Waals surface area contributed by atoms with Crippen LogP contribution in [0.2, 0.25) is 0 Å². The van der Waals surface area contributed by atoms with Crippen LogP contribution in [0.3, 0.4) is 0 Å². The number of cyclic esters (lactones) is 1. The molecule has 96 valence electrons. The van der Waals surface area contributed by atoms with Crippen molar-refractivity contribution in [1.82, 2.24) is 0 Å². The van der Waals surface area contributed by atoms with Crippen LogP contribution in [0.25, 0.3) is 0 Å². The van der Waals surface area contributed by atoms with Gasteiger partial charge in [0, 0.05) is 11.1 Å². The van der Waals surface area contributed by atoms with E-state index in [0.29, 0.717) is 5.90 Å². The third kappa shape index (κ3) is 2.04. The van der Waals surface area contributed by atoms with Gasteiger partial charge in [0.05, 0.1) is 0 Å². The van der Waals surface area contributed by atoms with Gasteiger partial charge in [-0.15, -0.1) is 6.42 Å². The summed E-state index contributed by atoms with van der Waals surface area (Å²) >= 11 is 0. The molecule has 0 N–H and O–H groups in total. The Balaban J connectivity index is 1.91. The van der Waals surface area contributed by atoms with Gasteiger partial charge >= 0.3 is 5.97 Å². The molecule has 0 amide bonds. The minimum Gasteiger partial charge on any atom is -0.405 e. The molecule has 1 heterocycles. The summed E-state index contributed by atoms with van der Waals surface area (Å²) in [4.78, 5) is 16.7. The molecule has 1 spiro atoms. The smallest absolute Gasteiger partial charge is 0.340 e. The Morgan fingerprint density at radius 1 is 1.16 bits per heavy atom. The first kappa shape index (κ1) is 12.0. The Labute approximate surface area is 112 Å². The fourth-order valence-corrected chi connectivity index (χ4v) is 2.73. The number of benzene rings is 1. The van der Waals surface area contributed by atoms with Crippen LogP contribution in [0, 0.1) is 12.3 Å². The summed E-state index contributed by atoms with van der Waals surface area (Å²) in [6.07, 6.45) is 10.2. The zero-order valence-electron chi connectivity index (χ0n) is 10.7. The number of hydrogen-bond donors (Lipinski definition) is 0. The zero-order chi connectivity index (χ0) is 13.3. The molecule has 1 aromatic carbocycles. The fraction of sp³-hybridized carbons (Fsp3) is 0.375. The van der Waals surface area contributed by atoms with Crippen molar-refractivity contribution >= 4 is 11.9 Å². The third-order valence-corrected chi connectivity index (χ3v) is 3.86. The number of carbonyl (C=O) groups is 1. The van der Waals surface area contributed by atoms with Crippen LogP contribution in [0.1, 0.15) is 43.2 Å². The SMILES string of the molecule is C#Cc1ccc(C2=NC3(CCCCC3)C(=O)O2)cc1. The van der Waals surface area contributed by atoms with Crippen molar-refractivity contribution in [3.05, 3.63) is 35.4 Å². The maximum Gasteiger partial charge on any atom is 0.340 e. The monoisotopic (exact) mass is 253 g/mol. The number of carbonyl (C=O) groups excluding carboxylic acids is 1. The normalized spacial score (nSPS) is 20.8. The van der Waals surface area contributed by atoms with Gasteiger partial charge in [-0.1, -0.05) is 25.2 Å². The van der Waals surface area contributed by atoms with Gasteiger partial charge in [0.2, 0.25) is 5.90 Å². The molecule has 1 fully saturated rings. The van der Waals surface area contributed by atoms with E-state index in [0.717, 1.165) is 36.8 Å². The molecule has 0 saturated heterocycles. The first-order valence-electron chi connectivity index (χ1n) is 6.63.